The Morgan fingerprint density at radius 2 is 2.17 bits per heavy atom. The second-order valence-corrected chi connectivity index (χ2v) is 6.02. The smallest absolute Gasteiger partial charge is 0.405 e. The fraction of sp³-hybridized carbons (Fsp3) is 0.267. The lowest BCUT2D eigenvalue weighted by Crippen LogP contribution is -2.25. The minimum Gasteiger partial charge on any atom is -0.465 e. The van der Waals surface area contributed by atoms with Gasteiger partial charge in [0.2, 0.25) is 5.91 Å². The molecule has 0 bridgehead atoms. The molecule has 0 fully saturated rings. The molecule has 0 radical (unpaired) electrons. The number of carbonyl (C=O) groups is 2. The number of hydrogen-bond acceptors (Lipinski definition) is 4. The van der Waals surface area contributed by atoms with Crippen LogP contribution >= 0.6 is 11.8 Å². The first-order chi connectivity index (χ1) is 10.8. The Balaban J connectivity index is 2.57. The molecule has 2 aromatic rings. The molecule has 4 N–H and O–H groups in total. The van der Waals surface area contributed by atoms with Gasteiger partial charge in [0.25, 0.3) is 0 Å². The van der Waals surface area contributed by atoms with Crippen molar-refractivity contribution in [1.82, 2.24) is 10.3 Å². The number of carboxylic acid groups (broad SMARTS) is 1. The third-order valence-electron chi connectivity index (χ3n) is 3.33. The van der Waals surface area contributed by atoms with Crippen LogP contribution in [-0.4, -0.2) is 27.8 Å². The van der Waals surface area contributed by atoms with Crippen molar-refractivity contribution in [2.45, 2.75) is 24.9 Å². The third kappa shape index (κ3) is 3.89. The Morgan fingerprint density at radius 1 is 1.48 bits per heavy atom. The summed E-state index contributed by atoms with van der Waals surface area (Å²) in [5.74, 6) is -0.891. The van der Waals surface area contributed by atoms with Crippen LogP contribution in [0.2, 0.25) is 0 Å². The van der Waals surface area contributed by atoms with Crippen LogP contribution in [0, 0.1) is 12.7 Å². The van der Waals surface area contributed by atoms with Gasteiger partial charge in [-0.2, -0.15) is 0 Å². The number of benzene rings is 1. The quantitative estimate of drug-likeness (QED) is 0.727. The standard InChI is InChI=1S/C15H16FN3O3S/c1-7-11(16)4-3-9-5-10(8(2)18-15(21)22)14(19-13(7)9)23-6-12(17)20/h3-5,8,18H,6H2,1-2H3,(H2,17,20)(H,21,22). The van der Waals surface area contributed by atoms with E-state index >= 15 is 0 Å². The molecular weight excluding hydrogens is 321 g/mol. The van der Waals surface area contributed by atoms with Crippen LogP contribution in [0.5, 0.6) is 0 Å². The van der Waals surface area contributed by atoms with E-state index in [1.54, 1.807) is 26.0 Å². The van der Waals surface area contributed by atoms with Crippen molar-refractivity contribution in [2.75, 3.05) is 5.75 Å². The van der Waals surface area contributed by atoms with E-state index in [0.29, 0.717) is 27.1 Å². The monoisotopic (exact) mass is 337 g/mol. The van der Waals surface area contributed by atoms with Crippen LogP contribution < -0.4 is 11.1 Å². The zero-order valence-corrected chi connectivity index (χ0v) is 13.4. The van der Waals surface area contributed by atoms with Crippen LogP contribution in [0.1, 0.15) is 24.1 Å². The van der Waals surface area contributed by atoms with Crippen LogP contribution in [0.25, 0.3) is 10.9 Å². The zero-order chi connectivity index (χ0) is 17.1. The van der Waals surface area contributed by atoms with E-state index < -0.39 is 18.0 Å². The number of nitrogens with zero attached hydrogens (tertiary/aromatic N) is 1. The minimum absolute atomic E-state index is 0.000336. The number of aromatic nitrogens is 1. The summed E-state index contributed by atoms with van der Waals surface area (Å²) in [6.45, 7) is 3.29. The summed E-state index contributed by atoms with van der Waals surface area (Å²) in [5.41, 5.74) is 6.64. The Bertz CT molecular complexity index is 782. The van der Waals surface area contributed by atoms with Gasteiger partial charge in [0.15, 0.2) is 0 Å². The van der Waals surface area contributed by atoms with Gasteiger partial charge in [-0.15, -0.1) is 0 Å². The van der Waals surface area contributed by atoms with E-state index in [1.165, 1.54) is 6.07 Å². The first-order valence-electron chi connectivity index (χ1n) is 6.80. The van der Waals surface area contributed by atoms with Gasteiger partial charge in [0, 0.05) is 16.5 Å². The fourth-order valence-corrected chi connectivity index (χ4v) is 3.02. The average Bonchev–Trinajstić information content (AvgIpc) is 2.47. The van der Waals surface area contributed by atoms with Crippen molar-refractivity contribution in [3.05, 3.63) is 35.1 Å². The van der Waals surface area contributed by atoms with Crippen LogP contribution in [0.15, 0.2) is 23.2 Å². The van der Waals surface area contributed by atoms with Gasteiger partial charge in [-0.05, 0) is 32.0 Å². The summed E-state index contributed by atoms with van der Waals surface area (Å²) in [5, 5.41) is 12.4. The van der Waals surface area contributed by atoms with E-state index in [4.69, 9.17) is 10.8 Å². The highest BCUT2D eigenvalue weighted by Gasteiger charge is 2.18. The normalized spacial score (nSPS) is 12.1. The number of thioether (sulfide) groups is 1. The molecule has 2 rings (SSSR count). The van der Waals surface area contributed by atoms with Crippen molar-refractivity contribution in [3.63, 3.8) is 0 Å². The van der Waals surface area contributed by atoms with Crippen LogP contribution in [0.4, 0.5) is 9.18 Å². The van der Waals surface area contributed by atoms with E-state index in [0.717, 1.165) is 11.8 Å². The van der Waals surface area contributed by atoms with Gasteiger partial charge in [-0.3, -0.25) is 4.79 Å². The number of nitrogens with one attached hydrogen (secondary N) is 1. The molecule has 0 saturated carbocycles. The average molecular weight is 337 g/mol. The first-order valence-corrected chi connectivity index (χ1v) is 7.78. The molecule has 0 aliphatic heterocycles. The fourth-order valence-electron chi connectivity index (χ4n) is 2.19. The lowest BCUT2D eigenvalue weighted by atomic mass is 10.1. The number of carbonyl (C=O) groups excluding carboxylic acids is 1. The second kappa shape index (κ2) is 6.82. The molecule has 0 saturated heterocycles. The zero-order valence-electron chi connectivity index (χ0n) is 12.6. The van der Waals surface area contributed by atoms with E-state index in [1.807, 2.05) is 0 Å². The molecule has 1 aromatic carbocycles. The number of halogens is 1. The summed E-state index contributed by atoms with van der Waals surface area (Å²) in [6, 6.07) is 4.14. The Morgan fingerprint density at radius 3 is 2.78 bits per heavy atom. The van der Waals surface area contributed by atoms with Crippen molar-refractivity contribution in [2.24, 2.45) is 5.73 Å². The van der Waals surface area contributed by atoms with Crippen molar-refractivity contribution >= 4 is 34.7 Å². The first kappa shape index (κ1) is 17.0. The molecule has 1 atom stereocenters. The number of aryl methyl sites for hydroxylation is 1. The van der Waals surface area contributed by atoms with E-state index in [9.17, 15) is 14.0 Å². The highest BCUT2D eigenvalue weighted by atomic mass is 32.2. The summed E-state index contributed by atoms with van der Waals surface area (Å²) < 4.78 is 13.7. The molecule has 122 valence electrons. The van der Waals surface area contributed by atoms with Crippen molar-refractivity contribution < 1.29 is 19.1 Å². The topological polar surface area (TPSA) is 105 Å². The number of rotatable bonds is 5. The summed E-state index contributed by atoms with van der Waals surface area (Å²) in [6.07, 6.45) is -1.17. The molecule has 6 nitrogen and oxygen atoms in total. The maximum atomic E-state index is 13.7. The van der Waals surface area contributed by atoms with Gasteiger partial charge < -0.3 is 16.2 Å². The number of amides is 2. The van der Waals surface area contributed by atoms with Gasteiger partial charge in [-0.1, -0.05) is 11.8 Å². The summed E-state index contributed by atoms with van der Waals surface area (Å²) in [7, 11) is 0. The van der Waals surface area contributed by atoms with E-state index in [2.05, 4.69) is 10.3 Å². The molecule has 0 aliphatic rings. The van der Waals surface area contributed by atoms with Crippen LogP contribution in [-0.2, 0) is 4.79 Å². The predicted octanol–water partition coefficient (Wildman–Crippen LogP) is 2.59. The number of pyridine rings is 1. The Kier molecular flexibility index (Phi) is 5.05. The maximum absolute atomic E-state index is 13.7. The Labute approximate surface area is 136 Å². The van der Waals surface area contributed by atoms with Crippen molar-refractivity contribution in [3.8, 4) is 0 Å². The SMILES string of the molecule is Cc1c(F)ccc2cc(C(C)NC(=O)O)c(SCC(N)=O)nc12. The largest absolute Gasteiger partial charge is 0.465 e. The molecule has 1 heterocycles. The van der Waals surface area contributed by atoms with Gasteiger partial charge in [-0.25, -0.2) is 14.2 Å². The molecule has 1 unspecified atom stereocenters. The van der Waals surface area contributed by atoms with Gasteiger partial charge in [0.05, 0.1) is 17.3 Å². The van der Waals surface area contributed by atoms with Gasteiger partial charge in [0.1, 0.15) is 10.8 Å². The molecule has 0 spiro atoms. The third-order valence-corrected chi connectivity index (χ3v) is 4.35. The number of hydrogen-bond donors (Lipinski definition) is 3. The lowest BCUT2D eigenvalue weighted by Gasteiger charge is -2.17. The number of nitrogens with two attached hydrogens (primary N) is 1. The maximum Gasteiger partial charge on any atom is 0.405 e. The second-order valence-electron chi connectivity index (χ2n) is 5.05. The van der Waals surface area contributed by atoms with Crippen molar-refractivity contribution in [1.29, 1.82) is 0 Å². The molecule has 1 aromatic heterocycles. The minimum atomic E-state index is -1.17. The molecule has 0 aliphatic carbocycles. The predicted molar refractivity (Wildman–Crippen MR) is 85.9 cm³/mol. The lowest BCUT2D eigenvalue weighted by molar-refractivity contribution is -0.115. The molecular formula is C15H16FN3O3S. The number of primary amides is 1. The Hall–Kier alpha value is -2.35. The molecule has 2 amide bonds. The summed E-state index contributed by atoms with van der Waals surface area (Å²) in [4.78, 5) is 26.3. The molecule has 8 heteroatoms. The number of fused-ring (bicyclic) bond motifs is 1. The molecule has 23 heavy (non-hydrogen) atoms. The van der Waals surface area contributed by atoms with E-state index in [-0.39, 0.29) is 11.6 Å². The summed E-state index contributed by atoms with van der Waals surface area (Å²) >= 11 is 1.10. The highest BCUT2D eigenvalue weighted by Crippen LogP contribution is 2.31. The van der Waals surface area contributed by atoms with Crippen LogP contribution in [0.3, 0.4) is 0 Å². The van der Waals surface area contributed by atoms with Gasteiger partial charge >= 0.3 is 6.09 Å². The highest BCUT2D eigenvalue weighted by molar-refractivity contribution is 7.99.